The molecule has 0 bridgehead atoms. The summed E-state index contributed by atoms with van der Waals surface area (Å²) >= 11 is 0. The van der Waals surface area contributed by atoms with Crippen LogP contribution in [0.3, 0.4) is 0 Å². The number of ether oxygens (including phenoxy) is 2. The molecule has 1 N–H and O–H groups in total. The van der Waals surface area contributed by atoms with Crippen LogP contribution in [0.1, 0.15) is 24.2 Å². The van der Waals surface area contributed by atoms with Gasteiger partial charge < -0.3 is 14.6 Å². The summed E-state index contributed by atoms with van der Waals surface area (Å²) in [6.45, 7) is 4.00. The molecule has 0 aliphatic heterocycles. The summed E-state index contributed by atoms with van der Waals surface area (Å²) in [6.07, 6.45) is 0. The fourth-order valence-electron chi connectivity index (χ4n) is 0.935. The molecular formula is C11H16O4. The molecule has 1 aromatic rings. The minimum Gasteiger partial charge on any atom is -0.504 e. The lowest BCUT2D eigenvalue weighted by Crippen LogP contribution is -2.00. The van der Waals surface area contributed by atoms with E-state index in [1.54, 1.807) is 0 Å². The van der Waals surface area contributed by atoms with Crippen LogP contribution >= 0.6 is 0 Å². The van der Waals surface area contributed by atoms with E-state index in [-0.39, 0.29) is 5.75 Å². The summed E-state index contributed by atoms with van der Waals surface area (Å²) in [7, 11) is 2.72. The molecule has 0 unspecified atom stereocenters. The first-order valence-electron chi connectivity index (χ1n) is 4.64. The van der Waals surface area contributed by atoms with E-state index in [9.17, 15) is 9.90 Å². The highest BCUT2D eigenvalue weighted by molar-refractivity contribution is 5.90. The number of phenols is 1. The third-order valence-electron chi connectivity index (χ3n) is 1.60. The number of carbonyl (C=O) groups is 1. The predicted molar refractivity (Wildman–Crippen MR) is 57.3 cm³/mol. The molecule has 0 fully saturated rings. The second-order valence-corrected chi connectivity index (χ2v) is 2.38. The summed E-state index contributed by atoms with van der Waals surface area (Å²) in [5.74, 6) is -0.240. The Morgan fingerprint density at radius 1 is 1.27 bits per heavy atom. The highest BCUT2D eigenvalue weighted by atomic mass is 16.5. The van der Waals surface area contributed by atoms with Crippen LogP contribution in [0.4, 0.5) is 0 Å². The first-order chi connectivity index (χ1) is 7.19. The van der Waals surface area contributed by atoms with Gasteiger partial charge in [0, 0.05) is 0 Å². The number of hydrogen-bond donors (Lipinski definition) is 1. The van der Waals surface area contributed by atoms with E-state index in [1.165, 1.54) is 32.4 Å². The van der Waals surface area contributed by atoms with Crippen molar-refractivity contribution >= 4 is 5.97 Å². The monoisotopic (exact) mass is 212 g/mol. The van der Waals surface area contributed by atoms with Crippen molar-refractivity contribution in [2.45, 2.75) is 13.8 Å². The molecule has 4 nitrogen and oxygen atoms in total. The van der Waals surface area contributed by atoms with Gasteiger partial charge in [-0.2, -0.15) is 0 Å². The summed E-state index contributed by atoms with van der Waals surface area (Å²) in [5, 5.41) is 9.30. The van der Waals surface area contributed by atoms with E-state index in [0.717, 1.165) is 0 Å². The van der Waals surface area contributed by atoms with Crippen LogP contribution in [0.5, 0.6) is 11.5 Å². The zero-order valence-corrected chi connectivity index (χ0v) is 9.40. The fraction of sp³-hybridized carbons (Fsp3) is 0.364. The average Bonchev–Trinajstić information content (AvgIpc) is 2.30. The summed E-state index contributed by atoms with van der Waals surface area (Å²) in [6, 6.07) is 4.32. The van der Waals surface area contributed by atoms with Gasteiger partial charge in [-0.25, -0.2) is 4.79 Å². The Balaban J connectivity index is 0.000000921. The van der Waals surface area contributed by atoms with Crippen LogP contribution in [0, 0.1) is 0 Å². The number of methoxy groups -OCH3 is 2. The molecule has 1 rings (SSSR count). The van der Waals surface area contributed by atoms with Gasteiger partial charge in [0.15, 0.2) is 11.5 Å². The van der Waals surface area contributed by atoms with Crippen LogP contribution in [-0.2, 0) is 4.74 Å². The Kier molecular flexibility index (Phi) is 5.94. The van der Waals surface area contributed by atoms with Crippen molar-refractivity contribution in [2.24, 2.45) is 0 Å². The van der Waals surface area contributed by atoms with Gasteiger partial charge in [0.1, 0.15) is 0 Å². The van der Waals surface area contributed by atoms with Crippen LogP contribution in [0.2, 0.25) is 0 Å². The summed E-state index contributed by atoms with van der Waals surface area (Å²) in [4.78, 5) is 11.0. The second kappa shape index (κ2) is 6.70. The highest BCUT2D eigenvalue weighted by Gasteiger charge is 2.08. The van der Waals surface area contributed by atoms with Gasteiger partial charge in [-0.1, -0.05) is 13.8 Å². The Morgan fingerprint density at radius 3 is 2.27 bits per heavy atom. The van der Waals surface area contributed by atoms with Gasteiger partial charge in [0.05, 0.1) is 19.8 Å². The van der Waals surface area contributed by atoms with Crippen LogP contribution < -0.4 is 4.74 Å². The second-order valence-electron chi connectivity index (χ2n) is 2.38. The smallest absolute Gasteiger partial charge is 0.337 e. The molecule has 0 spiro atoms. The lowest BCUT2D eigenvalue weighted by Gasteiger charge is -2.04. The van der Waals surface area contributed by atoms with E-state index in [2.05, 4.69) is 4.74 Å². The number of carbonyl (C=O) groups excluding carboxylic acids is 1. The Hall–Kier alpha value is -1.71. The van der Waals surface area contributed by atoms with Gasteiger partial charge in [-0.05, 0) is 18.2 Å². The number of phenolic OH excluding ortho intramolecular Hbond substituents is 1. The predicted octanol–water partition coefficient (Wildman–Crippen LogP) is 2.21. The van der Waals surface area contributed by atoms with E-state index in [1.807, 2.05) is 13.8 Å². The zero-order chi connectivity index (χ0) is 11.8. The normalized spacial score (nSPS) is 8.53. The Morgan fingerprint density at radius 2 is 1.87 bits per heavy atom. The van der Waals surface area contributed by atoms with Crippen LogP contribution in [0.25, 0.3) is 0 Å². The molecule has 84 valence electrons. The summed E-state index contributed by atoms with van der Waals surface area (Å²) in [5.41, 5.74) is 0.292. The maximum atomic E-state index is 11.0. The SMILES string of the molecule is CC.COC(=O)c1ccc(OC)c(O)c1. The molecule has 0 aliphatic carbocycles. The number of rotatable bonds is 2. The number of esters is 1. The Labute approximate surface area is 89.4 Å². The largest absolute Gasteiger partial charge is 0.504 e. The minimum absolute atomic E-state index is 0.0783. The van der Waals surface area contributed by atoms with Gasteiger partial charge in [0.2, 0.25) is 0 Å². The van der Waals surface area contributed by atoms with Crippen molar-refractivity contribution in [3.63, 3.8) is 0 Å². The fourth-order valence-corrected chi connectivity index (χ4v) is 0.935. The zero-order valence-electron chi connectivity index (χ0n) is 9.40. The maximum Gasteiger partial charge on any atom is 0.337 e. The summed E-state index contributed by atoms with van der Waals surface area (Å²) < 4.78 is 9.29. The highest BCUT2D eigenvalue weighted by Crippen LogP contribution is 2.26. The van der Waals surface area contributed by atoms with E-state index in [0.29, 0.717) is 11.3 Å². The van der Waals surface area contributed by atoms with E-state index in [4.69, 9.17) is 4.74 Å². The molecular weight excluding hydrogens is 196 g/mol. The van der Waals surface area contributed by atoms with Crippen LogP contribution in [-0.4, -0.2) is 25.3 Å². The first-order valence-corrected chi connectivity index (χ1v) is 4.64. The van der Waals surface area contributed by atoms with Crippen molar-refractivity contribution in [3.8, 4) is 11.5 Å². The molecule has 0 atom stereocenters. The molecule has 1 aromatic carbocycles. The average molecular weight is 212 g/mol. The third-order valence-corrected chi connectivity index (χ3v) is 1.60. The van der Waals surface area contributed by atoms with Gasteiger partial charge in [0.25, 0.3) is 0 Å². The van der Waals surface area contributed by atoms with Crippen LogP contribution in [0.15, 0.2) is 18.2 Å². The van der Waals surface area contributed by atoms with Crippen molar-refractivity contribution in [1.82, 2.24) is 0 Å². The lowest BCUT2D eigenvalue weighted by molar-refractivity contribution is 0.0600. The number of aromatic hydroxyl groups is 1. The van der Waals surface area contributed by atoms with Gasteiger partial charge >= 0.3 is 5.97 Å². The first kappa shape index (κ1) is 13.3. The minimum atomic E-state index is -0.488. The molecule has 0 aliphatic rings. The molecule has 0 radical (unpaired) electrons. The molecule has 0 aromatic heterocycles. The number of hydrogen-bond acceptors (Lipinski definition) is 4. The standard InChI is InChI=1S/C9H10O4.C2H6/c1-12-8-4-3-6(5-7(8)10)9(11)13-2;1-2/h3-5,10H,1-2H3;1-2H3. The van der Waals surface area contributed by atoms with Crippen molar-refractivity contribution in [1.29, 1.82) is 0 Å². The Bertz CT molecular complexity index is 320. The number of benzene rings is 1. The molecule has 0 amide bonds. The van der Waals surface area contributed by atoms with Crippen molar-refractivity contribution < 1.29 is 19.4 Å². The molecule has 0 saturated carbocycles. The third kappa shape index (κ3) is 3.50. The van der Waals surface area contributed by atoms with E-state index < -0.39 is 5.97 Å². The van der Waals surface area contributed by atoms with Crippen molar-refractivity contribution in [3.05, 3.63) is 23.8 Å². The molecule has 0 heterocycles. The van der Waals surface area contributed by atoms with Gasteiger partial charge in [-0.15, -0.1) is 0 Å². The molecule has 15 heavy (non-hydrogen) atoms. The van der Waals surface area contributed by atoms with E-state index >= 15 is 0 Å². The van der Waals surface area contributed by atoms with Crippen molar-refractivity contribution in [2.75, 3.05) is 14.2 Å². The van der Waals surface area contributed by atoms with Gasteiger partial charge in [-0.3, -0.25) is 0 Å². The lowest BCUT2D eigenvalue weighted by atomic mass is 10.2. The maximum absolute atomic E-state index is 11.0. The molecule has 0 saturated heterocycles. The topological polar surface area (TPSA) is 55.8 Å². The quantitative estimate of drug-likeness (QED) is 0.763. The molecule has 4 heteroatoms.